The lowest BCUT2D eigenvalue weighted by molar-refractivity contribution is -0.384. The molecule has 0 unspecified atom stereocenters. The molecule has 1 atom stereocenters. The fourth-order valence-electron chi connectivity index (χ4n) is 2.39. The Kier molecular flexibility index (Phi) is 8.75. The molecule has 29 heavy (non-hydrogen) atoms. The van der Waals surface area contributed by atoms with Crippen molar-refractivity contribution in [2.75, 3.05) is 12.0 Å². The average molecular weight is 457 g/mol. The Bertz CT molecular complexity index is 910. The minimum Gasteiger partial charge on any atom is -0.459 e. The van der Waals surface area contributed by atoms with Crippen LogP contribution in [0.15, 0.2) is 42.5 Å². The molecule has 2 aromatic carbocycles. The van der Waals surface area contributed by atoms with Gasteiger partial charge in [-0.05, 0) is 30.6 Å². The normalized spacial score (nSPS) is 11.6. The molecule has 0 spiro atoms. The largest absolute Gasteiger partial charge is 0.459 e. The van der Waals surface area contributed by atoms with Crippen LogP contribution in [0.1, 0.15) is 22.3 Å². The van der Waals surface area contributed by atoms with E-state index in [0.29, 0.717) is 22.8 Å². The van der Waals surface area contributed by atoms with Gasteiger partial charge >= 0.3 is 5.97 Å². The highest BCUT2D eigenvalue weighted by Crippen LogP contribution is 2.23. The maximum absolute atomic E-state index is 12.6. The number of nitrogens with zero attached hydrogens (tertiary/aromatic N) is 1. The Morgan fingerprint density at radius 2 is 1.93 bits per heavy atom. The first-order valence-corrected chi connectivity index (χ1v) is 10.6. The Labute approximate surface area is 181 Å². The van der Waals surface area contributed by atoms with Crippen LogP contribution in [0, 0.1) is 10.1 Å². The van der Waals surface area contributed by atoms with E-state index in [4.69, 9.17) is 27.9 Å². The standard InChI is InChI=1S/C19H18Cl2N2O5S/c1-29-9-8-17(19(25)28-11-12-4-2-3-5-15(12)20)22-18(24)14-7-6-13(23(26)27)10-16(14)21/h2-7,10,17H,8-9,11H2,1H3,(H,22,24)/t17-/m1/s1. The zero-order chi connectivity index (χ0) is 21.4. The third-order valence-corrected chi connectivity index (χ3v) is 5.26. The van der Waals surface area contributed by atoms with E-state index in [-0.39, 0.29) is 22.9 Å². The smallest absolute Gasteiger partial charge is 0.329 e. The molecular weight excluding hydrogens is 439 g/mol. The maximum Gasteiger partial charge on any atom is 0.329 e. The van der Waals surface area contributed by atoms with Crippen LogP contribution in [0.5, 0.6) is 0 Å². The molecule has 0 saturated carbocycles. The number of nitro groups is 1. The monoisotopic (exact) mass is 456 g/mol. The van der Waals surface area contributed by atoms with Crippen molar-refractivity contribution < 1.29 is 19.2 Å². The highest BCUT2D eigenvalue weighted by atomic mass is 35.5. The number of nitro benzene ring substituents is 1. The number of halogens is 2. The molecule has 2 aromatic rings. The highest BCUT2D eigenvalue weighted by molar-refractivity contribution is 7.98. The molecule has 0 fully saturated rings. The topological polar surface area (TPSA) is 98.5 Å². The van der Waals surface area contributed by atoms with Crippen molar-refractivity contribution in [3.63, 3.8) is 0 Å². The summed E-state index contributed by atoms with van der Waals surface area (Å²) in [7, 11) is 0. The number of ether oxygens (including phenoxy) is 1. The van der Waals surface area contributed by atoms with E-state index in [2.05, 4.69) is 5.32 Å². The number of hydrogen-bond acceptors (Lipinski definition) is 6. The fraction of sp³-hybridized carbons (Fsp3) is 0.263. The lowest BCUT2D eigenvalue weighted by Crippen LogP contribution is -2.42. The molecule has 1 N–H and O–H groups in total. The molecule has 0 saturated heterocycles. The minimum atomic E-state index is -0.899. The van der Waals surface area contributed by atoms with E-state index >= 15 is 0 Å². The first kappa shape index (κ1) is 23.0. The van der Waals surface area contributed by atoms with Crippen LogP contribution >= 0.6 is 35.0 Å². The van der Waals surface area contributed by atoms with Gasteiger partial charge in [-0.25, -0.2) is 4.79 Å². The average Bonchev–Trinajstić information content (AvgIpc) is 2.69. The van der Waals surface area contributed by atoms with Gasteiger partial charge in [-0.1, -0.05) is 41.4 Å². The molecule has 2 rings (SSSR count). The Morgan fingerprint density at radius 1 is 1.21 bits per heavy atom. The number of amides is 1. The van der Waals surface area contributed by atoms with E-state index < -0.39 is 22.8 Å². The summed E-state index contributed by atoms with van der Waals surface area (Å²) < 4.78 is 5.32. The second-order valence-corrected chi connectivity index (χ2v) is 7.73. The number of thioether (sulfide) groups is 1. The second kappa shape index (κ2) is 11.0. The van der Waals surface area contributed by atoms with Gasteiger partial charge in [-0.2, -0.15) is 11.8 Å². The summed E-state index contributed by atoms with van der Waals surface area (Å²) >= 11 is 13.6. The summed E-state index contributed by atoms with van der Waals surface area (Å²) in [6, 6.07) is 9.58. The highest BCUT2D eigenvalue weighted by Gasteiger charge is 2.24. The fourth-order valence-corrected chi connectivity index (χ4v) is 3.31. The number of non-ortho nitro benzene ring substituents is 1. The van der Waals surface area contributed by atoms with Gasteiger partial charge in [-0.3, -0.25) is 14.9 Å². The Morgan fingerprint density at radius 3 is 2.55 bits per heavy atom. The zero-order valence-electron chi connectivity index (χ0n) is 15.4. The zero-order valence-corrected chi connectivity index (χ0v) is 17.7. The molecule has 0 aliphatic carbocycles. The van der Waals surface area contributed by atoms with Gasteiger partial charge < -0.3 is 10.1 Å². The van der Waals surface area contributed by atoms with Gasteiger partial charge in [0, 0.05) is 22.7 Å². The van der Waals surface area contributed by atoms with Crippen LogP contribution in [0.4, 0.5) is 5.69 Å². The van der Waals surface area contributed by atoms with E-state index in [9.17, 15) is 19.7 Å². The van der Waals surface area contributed by atoms with Crippen LogP contribution < -0.4 is 5.32 Å². The summed E-state index contributed by atoms with van der Waals surface area (Å²) in [5.74, 6) is -0.615. The third-order valence-electron chi connectivity index (χ3n) is 3.94. The maximum atomic E-state index is 12.6. The van der Waals surface area contributed by atoms with Gasteiger partial charge in [0.15, 0.2) is 0 Å². The van der Waals surface area contributed by atoms with Crippen molar-refractivity contribution in [2.45, 2.75) is 19.1 Å². The molecular formula is C19H18Cl2N2O5S. The third kappa shape index (κ3) is 6.62. The van der Waals surface area contributed by atoms with Crippen molar-refractivity contribution in [1.29, 1.82) is 0 Å². The van der Waals surface area contributed by atoms with Crippen molar-refractivity contribution in [3.8, 4) is 0 Å². The summed E-state index contributed by atoms with van der Waals surface area (Å²) in [6.07, 6.45) is 2.22. The van der Waals surface area contributed by atoms with Crippen molar-refractivity contribution >= 4 is 52.5 Å². The van der Waals surface area contributed by atoms with Gasteiger partial charge in [0.25, 0.3) is 11.6 Å². The number of benzene rings is 2. The van der Waals surface area contributed by atoms with Crippen molar-refractivity contribution in [2.24, 2.45) is 0 Å². The first-order chi connectivity index (χ1) is 13.8. The molecule has 1 amide bonds. The van der Waals surface area contributed by atoms with Gasteiger partial charge in [-0.15, -0.1) is 0 Å². The van der Waals surface area contributed by atoms with Crippen molar-refractivity contribution in [3.05, 3.63) is 73.8 Å². The number of carbonyl (C=O) groups excluding carboxylic acids is 2. The molecule has 0 aromatic heterocycles. The predicted octanol–water partition coefficient (Wildman–Crippen LogP) is 4.50. The number of hydrogen-bond donors (Lipinski definition) is 1. The van der Waals surface area contributed by atoms with E-state index in [1.54, 1.807) is 24.3 Å². The molecule has 154 valence electrons. The molecule has 0 radical (unpaired) electrons. The van der Waals surface area contributed by atoms with E-state index in [0.717, 1.165) is 6.07 Å². The quantitative estimate of drug-likeness (QED) is 0.338. The van der Waals surface area contributed by atoms with Gasteiger partial charge in [0.2, 0.25) is 0 Å². The number of carbonyl (C=O) groups is 2. The molecule has 0 bridgehead atoms. The van der Waals surface area contributed by atoms with Crippen LogP contribution in [0.3, 0.4) is 0 Å². The number of rotatable bonds is 9. The molecule has 0 aliphatic rings. The molecule has 10 heteroatoms. The first-order valence-electron chi connectivity index (χ1n) is 8.47. The van der Waals surface area contributed by atoms with Gasteiger partial charge in [0.05, 0.1) is 15.5 Å². The molecule has 0 aliphatic heterocycles. The summed E-state index contributed by atoms with van der Waals surface area (Å²) in [5, 5.41) is 13.8. The minimum absolute atomic E-state index is 0.0254. The number of esters is 1. The lowest BCUT2D eigenvalue weighted by atomic mass is 10.1. The van der Waals surface area contributed by atoms with Gasteiger partial charge in [0.1, 0.15) is 12.6 Å². The SMILES string of the molecule is CSCC[C@@H](NC(=O)c1ccc([N+](=O)[O-])cc1Cl)C(=O)OCc1ccccc1Cl. The van der Waals surface area contributed by atoms with Crippen molar-refractivity contribution in [1.82, 2.24) is 5.32 Å². The van der Waals surface area contributed by atoms with Crippen LogP contribution in [-0.4, -0.2) is 34.9 Å². The van der Waals surface area contributed by atoms with Crippen LogP contribution in [0.25, 0.3) is 0 Å². The lowest BCUT2D eigenvalue weighted by Gasteiger charge is -2.18. The summed E-state index contributed by atoms with van der Waals surface area (Å²) in [5.41, 5.74) is 0.450. The molecule has 7 nitrogen and oxygen atoms in total. The summed E-state index contributed by atoms with van der Waals surface area (Å²) in [4.78, 5) is 35.3. The van der Waals surface area contributed by atoms with Crippen LogP contribution in [-0.2, 0) is 16.1 Å². The second-order valence-electron chi connectivity index (χ2n) is 5.93. The number of nitrogens with one attached hydrogen (secondary N) is 1. The van der Waals surface area contributed by atoms with Crippen LogP contribution in [0.2, 0.25) is 10.0 Å². The summed E-state index contributed by atoms with van der Waals surface area (Å²) in [6.45, 7) is -0.0254. The molecule has 0 heterocycles. The predicted molar refractivity (Wildman–Crippen MR) is 114 cm³/mol. The van der Waals surface area contributed by atoms with E-state index in [1.807, 2.05) is 6.26 Å². The Hall–Kier alpha value is -2.29. The Balaban J connectivity index is 2.09. The van der Waals surface area contributed by atoms with E-state index in [1.165, 1.54) is 23.9 Å².